The Morgan fingerprint density at radius 1 is 1.15 bits per heavy atom. The van der Waals surface area contributed by atoms with E-state index >= 15 is 0 Å². The van der Waals surface area contributed by atoms with Crippen molar-refractivity contribution in [1.82, 2.24) is 4.98 Å². The number of aromatic carboxylic acids is 1. The number of hydrogen-bond donors (Lipinski definition) is 1. The minimum absolute atomic E-state index is 0.249. The Labute approximate surface area is 118 Å². The minimum Gasteiger partial charge on any atom is -0.478 e. The maximum Gasteiger partial charge on any atom is 0.339 e. The lowest BCUT2D eigenvalue weighted by Gasteiger charge is -2.22. The molecule has 2 rings (SSSR count). The van der Waals surface area contributed by atoms with Gasteiger partial charge >= 0.3 is 5.97 Å². The zero-order valence-corrected chi connectivity index (χ0v) is 12.1. The number of aromatic nitrogens is 1. The summed E-state index contributed by atoms with van der Waals surface area (Å²) in [7, 11) is 1.87. The first-order valence-corrected chi connectivity index (χ1v) is 6.42. The summed E-state index contributed by atoms with van der Waals surface area (Å²) in [6.07, 6.45) is 0. The molecule has 0 saturated heterocycles. The number of anilines is 2. The van der Waals surface area contributed by atoms with Gasteiger partial charge in [-0.25, -0.2) is 4.79 Å². The van der Waals surface area contributed by atoms with Crippen molar-refractivity contribution in [3.8, 4) is 0 Å². The number of carbonyl (C=O) groups is 1. The van der Waals surface area contributed by atoms with Gasteiger partial charge in [0.05, 0.1) is 11.4 Å². The number of nitrogens with zero attached hydrogens (tertiary/aromatic N) is 2. The highest BCUT2D eigenvalue weighted by molar-refractivity contribution is 5.96. The van der Waals surface area contributed by atoms with E-state index in [0.29, 0.717) is 11.4 Å². The van der Waals surface area contributed by atoms with Crippen molar-refractivity contribution in [2.75, 3.05) is 11.9 Å². The van der Waals surface area contributed by atoms with Crippen LogP contribution in [-0.4, -0.2) is 23.1 Å². The van der Waals surface area contributed by atoms with E-state index in [-0.39, 0.29) is 5.56 Å². The van der Waals surface area contributed by atoms with E-state index in [0.717, 1.165) is 11.4 Å². The summed E-state index contributed by atoms with van der Waals surface area (Å²) in [5.74, 6) is -0.955. The van der Waals surface area contributed by atoms with E-state index in [2.05, 4.69) is 4.98 Å². The number of rotatable bonds is 3. The third kappa shape index (κ3) is 2.64. The molecule has 0 unspecified atom stereocenters. The molecule has 1 aromatic heterocycles. The molecule has 0 aliphatic rings. The topological polar surface area (TPSA) is 53.4 Å². The monoisotopic (exact) mass is 270 g/mol. The van der Waals surface area contributed by atoms with Gasteiger partial charge in [-0.15, -0.1) is 0 Å². The molecule has 104 valence electrons. The van der Waals surface area contributed by atoms with Crippen LogP contribution in [0.25, 0.3) is 0 Å². The minimum atomic E-state index is -0.955. The maximum atomic E-state index is 11.5. The van der Waals surface area contributed by atoms with E-state index in [9.17, 15) is 9.90 Å². The normalized spacial score (nSPS) is 10.4. The van der Waals surface area contributed by atoms with Gasteiger partial charge in [-0.3, -0.25) is 4.98 Å². The third-order valence-electron chi connectivity index (χ3n) is 3.30. The third-order valence-corrected chi connectivity index (χ3v) is 3.30. The van der Waals surface area contributed by atoms with Gasteiger partial charge in [0, 0.05) is 18.4 Å². The van der Waals surface area contributed by atoms with Gasteiger partial charge in [-0.2, -0.15) is 0 Å². The van der Waals surface area contributed by atoms with Crippen LogP contribution in [0.3, 0.4) is 0 Å². The van der Waals surface area contributed by atoms with Gasteiger partial charge < -0.3 is 10.0 Å². The molecule has 0 atom stereocenters. The lowest BCUT2D eigenvalue weighted by Crippen LogP contribution is -2.16. The van der Waals surface area contributed by atoms with Crippen LogP contribution in [0.5, 0.6) is 0 Å². The van der Waals surface area contributed by atoms with Crippen LogP contribution in [0.15, 0.2) is 30.3 Å². The second-order valence-corrected chi connectivity index (χ2v) is 4.94. The molecule has 2 aromatic rings. The number of pyridine rings is 1. The molecule has 0 saturated carbocycles. The molecule has 4 heteroatoms. The molecule has 0 amide bonds. The molecule has 4 nitrogen and oxygen atoms in total. The number of benzene rings is 1. The Morgan fingerprint density at radius 2 is 1.75 bits per heavy atom. The first-order valence-electron chi connectivity index (χ1n) is 6.42. The number of aryl methyl sites for hydroxylation is 3. The summed E-state index contributed by atoms with van der Waals surface area (Å²) in [6, 6.07) is 9.77. The predicted octanol–water partition coefficient (Wildman–Crippen LogP) is 3.47. The standard InChI is InChI=1S/C16H18N2O2/c1-10-5-7-13(8-6-10)18(4)14-9-11(2)17-12(3)15(14)16(19)20/h5-9H,1-4H3,(H,19,20). The van der Waals surface area contributed by atoms with Gasteiger partial charge in [0.25, 0.3) is 0 Å². The summed E-state index contributed by atoms with van der Waals surface area (Å²) in [5.41, 5.74) is 4.36. The van der Waals surface area contributed by atoms with Crippen molar-refractivity contribution in [3.63, 3.8) is 0 Å². The molecule has 0 fully saturated rings. The highest BCUT2D eigenvalue weighted by atomic mass is 16.4. The Balaban J connectivity index is 2.56. The van der Waals surface area contributed by atoms with Crippen molar-refractivity contribution in [3.05, 3.63) is 52.8 Å². The predicted molar refractivity (Wildman–Crippen MR) is 79.9 cm³/mol. The quantitative estimate of drug-likeness (QED) is 0.927. The van der Waals surface area contributed by atoms with Crippen LogP contribution in [0, 0.1) is 20.8 Å². The van der Waals surface area contributed by atoms with Crippen molar-refractivity contribution < 1.29 is 9.90 Å². The molecule has 0 spiro atoms. The van der Waals surface area contributed by atoms with Gasteiger partial charge in [-0.05, 0) is 39.0 Å². The molecular weight excluding hydrogens is 252 g/mol. The number of carboxylic acid groups (broad SMARTS) is 1. The van der Waals surface area contributed by atoms with Crippen LogP contribution < -0.4 is 4.90 Å². The summed E-state index contributed by atoms with van der Waals surface area (Å²) in [4.78, 5) is 17.6. The Morgan fingerprint density at radius 3 is 2.30 bits per heavy atom. The van der Waals surface area contributed by atoms with Crippen molar-refractivity contribution in [1.29, 1.82) is 0 Å². The summed E-state index contributed by atoms with van der Waals surface area (Å²) >= 11 is 0. The second-order valence-electron chi connectivity index (χ2n) is 4.94. The van der Waals surface area contributed by atoms with Crippen molar-refractivity contribution in [2.45, 2.75) is 20.8 Å². The van der Waals surface area contributed by atoms with Crippen LogP contribution >= 0.6 is 0 Å². The van der Waals surface area contributed by atoms with E-state index in [1.807, 2.05) is 50.1 Å². The lowest BCUT2D eigenvalue weighted by molar-refractivity contribution is 0.0696. The highest BCUT2D eigenvalue weighted by Crippen LogP contribution is 2.29. The fourth-order valence-corrected chi connectivity index (χ4v) is 2.24. The molecule has 1 aromatic carbocycles. The molecule has 0 radical (unpaired) electrons. The van der Waals surface area contributed by atoms with Gasteiger partial charge in [0.15, 0.2) is 0 Å². The van der Waals surface area contributed by atoms with E-state index in [1.165, 1.54) is 5.56 Å². The van der Waals surface area contributed by atoms with Crippen LogP contribution in [-0.2, 0) is 0 Å². The van der Waals surface area contributed by atoms with Crippen molar-refractivity contribution >= 4 is 17.3 Å². The molecule has 1 heterocycles. The zero-order chi connectivity index (χ0) is 14.9. The van der Waals surface area contributed by atoms with Crippen LogP contribution in [0.4, 0.5) is 11.4 Å². The van der Waals surface area contributed by atoms with E-state index in [4.69, 9.17) is 0 Å². The largest absolute Gasteiger partial charge is 0.478 e. The SMILES string of the molecule is Cc1ccc(N(C)c2cc(C)nc(C)c2C(=O)O)cc1. The lowest BCUT2D eigenvalue weighted by atomic mass is 10.1. The number of carboxylic acids is 1. The summed E-state index contributed by atoms with van der Waals surface area (Å²) in [5, 5.41) is 9.41. The Hall–Kier alpha value is -2.36. The van der Waals surface area contributed by atoms with E-state index < -0.39 is 5.97 Å². The highest BCUT2D eigenvalue weighted by Gasteiger charge is 2.19. The van der Waals surface area contributed by atoms with Crippen LogP contribution in [0.1, 0.15) is 27.3 Å². The van der Waals surface area contributed by atoms with Gasteiger partial charge in [0.1, 0.15) is 5.56 Å². The fraction of sp³-hybridized carbons (Fsp3) is 0.250. The maximum absolute atomic E-state index is 11.5. The van der Waals surface area contributed by atoms with E-state index in [1.54, 1.807) is 13.0 Å². The molecule has 1 N–H and O–H groups in total. The van der Waals surface area contributed by atoms with Gasteiger partial charge in [0.2, 0.25) is 0 Å². The Kier molecular flexibility index (Phi) is 3.74. The van der Waals surface area contributed by atoms with Gasteiger partial charge in [-0.1, -0.05) is 17.7 Å². The zero-order valence-electron chi connectivity index (χ0n) is 12.1. The number of hydrogen-bond acceptors (Lipinski definition) is 3. The first-order chi connectivity index (χ1) is 9.40. The first kappa shape index (κ1) is 14.1. The Bertz CT molecular complexity index is 648. The van der Waals surface area contributed by atoms with Crippen molar-refractivity contribution in [2.24, 2.45) is 0 Å². The average molecular weight is 270 g/mol. The molecular formula is C16H18N2O2. The summed E-state index contributed by atoms with van der Waals surface area (Å²) < 4.78 is 0. The second kappa shape index (κ2) is 5.33. The van der Waals surface area contributed by atoms with Crippen LogP contribution in [0.2, 0.25) is 0 Å². The molecule has 0 aliphatic heterocycles. The fourth-order valence-electron chi connectivity index (χ4n) is 2.24. The summed E-state index contributed by atoms with van der Waals surface area (Å²) in [6.45, 7) is 5.61. The molecule has 20 heavy (non-hydrogen) atoms. The average Bonchev–Trinajstić information content (AvgIpc) is 2.37. The molecule has 0 aliphatic carbocycles. The smallest absolute Gasteiger partial charge is 0.339 e. The molecule has 0 bridgehead atoms.